The van der Waals surface area contributed by atoms with Crippen molar-refractivity contribution in [3.8, 4) is 0 Å². The number of anilines is 1. The van der Waals surface area contributed by atoms with Crippen molar-refractivity contribution in [2.45, 2.75) is 24.6 Å². The summed E-state index contributed by atoms with van der Waals surface area (Å²) in [5, 5.41) is 2.74. The zero-order valence-corrected chi connectivity index (χ0v) is 14.8. The van der Waals surface area contributed by atoms with Gasteiger partial charge >= 0.3 is 0 Å². The first kappa shape index (κ1) is 18.2. The molecule has 1 amide bonds. The summed E-state index contributed by atoms with van der Waals surface area (Å²) in [5.41, 5.74) is 7.91. The van der Waals surface area contributed by atoms with Crippen molar-refractivity contribution in [3.05, 3.63) is 65.7 Å². The van der Waals surface area contributed by atoms with Crippen LogP contribution in [0.5, 0.6) is 0 Å². The largest absolute Gasteiger partial charge is 0.324 e. The van der Waals surface area contributed by atoms with Crippen LogP contribution < -0.4 is 11.1 Å². The lowest BCUT2D eigenvalue weighted by Gasteiger charge is -2.23. The fourth-order valence-electron chi connectivity index (χ4n) is 2.20. The molecule has 0 saturated heterocycles. The number of nitrogens with one attached hydrogen (secondary N) is 1. The molecule has 1 atom stereocenters. The number of hydrogen-bond acceptors (Lipinski definition) is 4. The summed E-state index contributed by atoms with van der Waals surface area (Å²) in [7, 11) is -3.25. The third kappa shape index (κ3) is 3.83. The van der Waals surface area contributed by atoms with Gasteiger partial charge in [0.25, 0.3) is 0 Å². The Hall–Kier alpha value is -2.18. The van der Waals surface area contributed by atoms with Crippen LogP contribution in [0, 0.1) is 0 Å². The molecule has 24 heavy (non-hydrogen) atoms. The summed E-state index contributed by atoms with van der Waals surface area (Å²) in [5.74, 6) is -0.323. The van der Waals surface area contributed by atoms with Crippen LogP contribution in [0.4, 0.5) is 5.69 Å². The molecule has 0 aliphatic rings. The lowest BCUT2D eigenvalue weighted by Crippen LogP contribution is -2.29. The maximum absolute atomic E-state index is 12.2. The zero-order chi connectivity index (χ0) is 18.0. The molecule has 2 rings (SSSR count). The standard InChI is InChI=1S/C18H22N2O3S/c1-18(2,24(3,22)23)14-9-11-15(12-10-14)20-17(21)16(19)13-7-5-4-6-8-13/h4-12,16H,19H2,1-3H3,(H,20,21). The molecule has 2 aromatic rings. The Balaban J connectivity index is 2.13. The number of carbonyl (C=O) groups excluding carboxylic acids is 1. The highest BCUT2D eigenvalue weighted by molar-refractivity contribution is 7.91. The van der Waals surface area contributed by atoms with Gasteiger partial charge in [-0.2, -0.15) is 0 Å². The predicted molar refractivity (Wildman–Crippen MR) is 96.3 cm³/mol. The second-order valence-electron chi connectivity index (χ2n) is 6.24. The van der Waals surface area contributed by atoms with Gasteiger partial charge in [0, 0.05) is 11.9 Å². The number of sulfone groups is 1. The number of rotatable bonds is 5. The maximum Gasteiger partial charge on any atom is 0.245 e. The SMILES string of the molecule is CC(C)(c1ccc(NC(=O)C(N)c2ccccc2)cc1)S(C)(=O)=O. The minimum Gasteiger partial charge on any atom is -0.324 e. The van der Waals surface area contributed by atoms with Crippen molar-refractivity contribution < 1.29 is 13.2 Å². The van der Waals surface area contributed by atoms with Gasteiger partial charge in [-0.3, -0.25) is 4.79 Å². The highest BCUT2D eigenvalue weighted by atomic mass is 32.2. The molecule has 2 aromatic carbocycles. The average Bonchev–Trinajstić information content (AvgIpc) is 2.54. The van der Waals surface area contributed by atoms with Crippen molar-refractivity contribution in [2.24, 2.45) is 5.73 Å². The number of carbonyl (C=O) groups is 1. The van der Waals surface area contributed by atoms with Crippen molar-refractivity contribution in [1.29, 1.82) is 0 Å². The van der Waals surface area contributed by atoms with Gasteiger partial charge in [0.15, 0.2) is 9.84 Å². The molecule has 0 aliphatic heterocycles. The van der Waals surface area contributed by atoms with Gasteiger partial charge in [0.2, 0.25) is 5.91 Å². The maximum atomic E-state index is 12.2. The topological polar surface area (TPSA) is 89.3 Å². The van der Waals surface area contributed by atoms with Gasteiger partial charge in [-0.15, -0.1) is 0 Å². The molecule has 0 spiro atoms. The van der Waals surface area contributed by atoms with E-state index in [-0.39, 0.29) is 5.91 Å². The summed E-state index contributed by atoms with van der Waals surface area (Å²) >= 11 is 0. The number of nitrogens with two attached hydrogens (primary N) is 1. The minimum atomic E-state index is -3.25. The second kappa shape index (κ2) is 6.75. The van der Waals surface area contributed by atoms with Gasteiger partial charge in [-0.05, 0) is 37.1 Å². The molecular weight excluding hydrogens is 324 g/mol. The number of amides is 1. The smallest absolute Gasteiger partial charge is 0.245 e. The molecule has 6 heteroatoms. The normalized spacial score (nSPS) is 13.3. The summed E-state index contributed by atoms with van der Waals surface area (Å²) in [6.45, 7) is 3.31. The van der Waals surface area contributed by atoms with Gasteiger partial charge < -0.3 is 11.1 Å². The van der Waals surface area contributed by atoms with Crippen molar-refractivity contribution in [1.82, 2.24) is 0 Å². The quantitative estimate of drug-likeness (QED) is 0.871. The Kier molecular flexibility index (Phi) is 5.11. The van der Waals surface area contributed by atoms with E-state index in [0.717, 1.165) is 5.56 Å². The van der Waals surface area contributed by atoms with E-state index in [1.807, 2.05) is 18.2 Å². The Labute approximate surface area is 142 Å². The van der Waals surface area contributed by atoms with Crippen LogP contribution in [0.1, 0.15) is 31.0 Å². The highest BCUT2D eigenvalue weighted by Gasteiger charge is 2.32. The molecule has 0 heterocycles. The van der Waals surface area contributed by atoms with Gasteiger partial charge in [0.05, 0.1) is 4.75 Å². The third-order valence-corrected chi connectivity index (χ3v) is 6.31. The molecule has 5 nitrogen and oxygen atoms in total. The molecule has 128 valence electrons. The molecule has 0 aromatic heterocycles. The van der Waals surface area contributed by atoms with Crippen LogP contribution in [-0.4, -0.2) is 20.6 Å². The Bertz CT molecular complexity index is 813. The lowest BCUT2D eigenvalue weighted by molar-refractivity contribution is -0.117. The molecule has 0 fully saturated rings. The molecule has 0 aliphatic carbocycles. The molecule has 0 radical (unpaired) electrons. The fraction of sp³-hybridized carbons (Fsp3) is 0.278. The zero-order valence-electron chi connectivity index (χ0n) is 14.0. The van der Waals surface area contributed by atoms with Crippen molar-refractivity contribution in [2.75, 3.05) is 11.6 Å². The summed E-state index contributed by atoms with van der Waals surface area (Å²) in [6, 6.07) is 15.1. The molecular formula is C18H22N2O3S. The van der Waals surface area contributed by atoms with E-state index in [0.29, 0.717) is 11.3 Å². The van der Waals surface area contributed by atoms with Crippen LogP contribution in [0.15, 0.2) is 54.6 Å². The van der Waals surface area contributed by atoms with Crippen LogP contribution in [-0.2, 0) is 19.4 Å². The highest BCUT2D eigenvalue weighted by Crippen LogP contribution is 2.29. The van der Waals surface area contributed by atoms with E-state index in [9.17, 15) is 13.2 Å². The first-order chi connectivity index (χ1) is 11.1. The Morgan fingerprint density at radius 3 is 2.08 bits per heavy atom. The van der Waals surface area contributed by atoms with Crippen LogP contribution >= 0.6 is 0 Å². The summed E-state index contributed by atoms with van der Waals surface area (Å²) < 4.78 is 22.8. The lowest BCUT2D eigenvalue weighted by atomic mass is 10.0. The second-order valence-corrected chi connectivity index (χ2v) is 8.80. The molecule has 0 bridgehead atoms. The van der Waals surface area contributed by atoms with Crippen LogP contribution in [0.25, 0.3) is 0 Å². The summed E-state index contributed by atoms with van der Waals surface area (Å²) in [4.78, 5) is 12.2. The Morgan fingerprint density at radius 2 is 1.58 bits per heavy atom. The van der Waals surface area contributed by atoms with E-state index < -0.39 is 20.6 Å². The first-order valence-corrected chi connectivity index (χ1v) is 9.43. The van der Waals surface area contributed by atoms with E-state index in [2.05, 4.69) is 5.32 Å². The van der Waals surface area contributed by atoms with Gasteiger partial charge in [-0.1, -0.05) is 42.5 Å². The monoisotopic (exact) mass is 346 g/mol. The van der Waals surface area contributed by atoms with E-state index in [1.54, 1.807) is 50.2 Å². The molecule has 3 N–H and O–H groups in total. The van der Waals surface area contributed by atoms with E-state index >= 15 is 0 Å². The van der Waals surface area contributed by atoms with Crippen molar-refractivity contribution in [3.63, 3.8) is 0 Å². The van der Waals surface area contributed by atoms with Crippen LogP contribution in [0.2, 0.25) is 0 Å². The van der Waals surface area contributed by atoms with Gasteiger partial charge in [0.1, 0.15) is 6.04 Å². The van der Waals surface area contributed by atoms with Crippen molar-refractivity contribution >= 4 is 21.4 Å². The predicted octanol–water partition coefficient (Wildman–Crippen LogP) is 2.60. The Morgan fingerprint density at radius 1 is 1.04 bits per heavy atom. The fourth-order valence-corrected chi connectivity index (χ4v) is 2.77. The van der Waals surface area contributed by atoms with E-state index in [4.69, 9.17) is 5.73 Å². The van der Waals surface area contributed by atoms with E-state index in [1.165, 1.54) is 6.26 Å². The number of hydrogen-bond donors (Lipinski definition) is 2. The molecule has 1 unspecified atom stereocenters. The van der Waals surface area contributed by atoms with Crippen LogP contribution in [0.3, 0.4) is 0 Å². The first-order valence-electron chi connectivity index (χ1n) is 7.54. The van der Waals surface area contributed by atoms with Gasteiger partial charge in [-0.25, -0.2) is 8.42 Å². The number of benzene rings is 2. The minimum absolute atomic E-state index is 0.323. The molecule has 0 saturated carbocycles. The average molecular weight is 346 g/mol. The third-order valence-electron chi connectivity index (χ3n) is 4.22. The summed E-state index contributed by atoms with van der Waals surface area (Å²) in [6.07, 6.45) is 1.21.